The molecule has 1 aromatic carbocycles. The highest BCUT2D eigenvalue weighted by molar-refractivity contribution is 5.53. The molecule has 1 aromatic rings. The van der Waals surface area contributed by atoms with E-state index in [4.69, 9.17) is 4.74 Å². The van der Waals surface area contributed by atoms with Gasteiger partial charge in [-0.1, -0.05) is 26.8 Å². The van der Waals surface area contributed by atoms with Gasteiger partial charge in [0.25, 0.3) is 5.69 Å². The molecule has 0 saturated heterocycles. The van der Waals surface area contributed by atoms with Crippen LogP contribution in [0.3, 0.4) is 0 Å². The second-order valence-electron chi connectivity index (χ2n) is 4.36. The van der Waals surface area contributed by atoms with Crippen molar-refractivity contribution in [1.29, 1.82) is 0 Å². The molecule has 4 heteroatoms. The Morgan fingerprint density at radius 1 is 1.33 bits per heavy atom. The Balaban J connectivity index is 3.47. The molecule has 0 spiro atoms. The molecule has 0 bridgehead atoms. The third kappa shape index (κ3) is 2.26. The molecular formula is C11H15NO3. The summed E-state index contributed by atoms with van der Waals surface area (Å²) in [7, 11) is 1.52. The van der Waals surface area contributed by atoms with E-state index in [1.807, 2.05) is 20.8 Å². The van der Waals surface area contributed by atoms with Gasteiger partial charge in [0.05, 0.1) is 17.6 Å². The summed E-state index contributed by atoms with van der Waals surface area (Å²) in [5, 5.41) is 10.9. The molecule has 0 unspecified atom stereocenters. The van der Waals surface area contributed by atoms with Crippen LogP contribution in [0, 0.1) is 10.1 Å². The molecule has 82 valence electrons. The van der Waals surface area contributed by atoms with E-state index in [0.717, 1.165) is 0 Å². The van der Waals surface area contributed by atoms with Gasteiger partial charge in [-0.2, -0.15) is 0 Å². The predicted molar refractivity (Wildman–Crippen MR) is 58.3 cm³/mol. The summed E-state index contributed by atoms with van der Waals surface area (Å²) >= 11 is 0. The maximum Gasteiger partial charge on any atom is 0.276 e. The van der Waals surface area contributed by atoms with Gasteiger partial charge in [-0.25, -0.2) is 0 Å². The van der Waals surface area contributed by atoms with Gasteiger partial charge < -0.3 is 4.74 Å². The van der Waals surface area contributed by atoms with Gasteiger partial charge >= 0.3 is 0 Å². The molecule has 0 N–H and O–H groups in total. The van der Waals surface area contributed by atoms with E-state index < -0.39 is 0 Å². The first kappa shape index (κ1) is 11.5. The number of methoxy groups -OCH3 is 1. The third-order valence-corrected chi connectivity index (χ3v) is 2.17. The Morgan fingerprint density at radius 3 is 2.33 bits per heavy atom. The van der Waals surface area contributed by atoms with Gasteiger partial charge in [0, 0.05) is 6.07 Å². The molecule has 0 saturated carbocycles. The van der Waals surface area contributed by atoms with E-state index in [2.05, 4.69) is 0 Å². The molecule has 4 nitrogen and oxygen atoms in total. The SMILES string of the molecule is COc1cccc([N+](=O)[O-])c1C(C)(C)C. The fourth-order valence-corrected chi connectivity index (χ4v) is 1.60. The number of ether oxygens (including phenoxy) is 1. The van der Waals surface area contributed by atoms with Crippen LogP contribution in [0.1, 0.15) is 26.3 Å². The van der Waals surface area contributed by atoms with Crippen molar-refractivity contribution < 1.29 is 9.66 Å². The highest BCUT2D eigenvalue weighted by atomic mass is 16.6. The van der Waals surface area contributed by atoms with Crippen LogP contribution in [0.25, 0.3) is 0 Å². The first-order valence-electron chi connectivity index (χ1n) is 4.70. The molecule has 0 atom stereocenters. The first-order valence-corrected chi connectivity index (χ1v) is 4.70. The number of nitro groups is 1. The highest BCUT2D eigenvalue weighted by Gasteiger charge is 2.28. The molecule has 0 heterocycles. The van der Waals surface area contributed by atoms with Crippen molar-refractivity contribution in [2.45, 2.75) is 26.2 Å². The number of benzene rings is 1. The summed E-state index contributed by atoms with van der Waals surface area (Å²) in [4.78, 5) is 10.5. The Hall–Kier alpha value is -1.58. The number of hydrogen-bond acceptors (Lipinski definition) is 3. The molecule has 0 aromatic heterocycles. The van der Waals surface area contributed by atoms with E-state index in [0.29, 0.717) is 11.3 Å². The molecule has 15 heavy (non-hydrogen) atoms. The highest BCUT2D eigenvalue weighted by Crippen LogP contribution is 2.38. The zero-order chi connectivity index (χ0) is 11.6. The fourth-order valence-electron chi connectivity index (χ4n) is 1.60. The second-order valence-corrected chi connectivity index (χ2v) is 4.36. The van der Waals surface area contributed by atoms with Gasteiger partial charge in [-0.15, -0.1) is 0 Å². The zero-order valence-corrected chi connectivity index (χ0v) is 9.40. The van der Waals surface area contributed by atoms with Crippen molar-refractivity contribution in [1.82, 2.24) is 0 Å². The van der Waals surface area contributed by atoms with Crippen LogP contribution >= 0.6 is 0 Å². The Kier molecular flexibility index (Phi) is 2.98. The van der Waals surface area contributed by atoms with Gasteiger partial charge in [0.1, 0.15) is 5.75 Å². The second kappa shape index (κ2) is 3.88. The summed E-state index contributed by atoms with van der Waals surface area (Å²) in [6.45, 7) is 5.79. The minimum Gasteiger partial charge on any atom is -0.496 e. The first-order chi connectivity index (χ1) is 6.88. The van der Waals surface area contributed by atoms with Crippen molar-refractivity contribution in [3.63, 3.8) is 0 Å². The van der Waals surface area contributed by atoms with Crippen molar-refractivity contribution >= 4 is 5.69 Å². The van der Waals surface area contributed by atoms with Crippen molar-refractivity contribution in [2.24, 2.45) is 0 Å². The van der Waals surface area contributed by atoms with E-state index in [1.54, 1.807) is 12.1 Å². The standard InChI is InChI=1S/C11H15NO3/c1-11(2,3)10-8(12(13)14)6-5-7-9(10)15-4/h5-7H,1-4H3. The normalized spacial score (nSPS) is 11.2. The van der Waals surface area contributed by atoms with Gasteiger partial charge in [-0.05, 0) is 11.5 Å². The molecule has 0 radical (unpaired) electrons. The largest absolute Gasteiger partial charge is 0.496 e. The van der Waals surface area contributed by atoms with Crippen LogP contribution in [-0.2, 0) is 5.41 Å². The number of nitrogens with zero attached hydrogens (tertiary/aromatic N) is 1. The number of nitro benzene ring substituents is 1. The van der Waals surface area contributed by atoms with Crippen LogP contribution in [0.15, 0.2) is 18.2 Å². The lowest BCUT2D eigenvalue weighted by atomic mass is 9.85. The third-order valence-electron chi connectivity index (χ3n) is 2.17. The number of rotatable bonds is 2. The average Bonchev–Trinajstić information content (AvgIpc) is 2.15. The molecule has 0 aliphatic heterocycles. The quantitative estimate of drug-likeness (QED) is 0.556. The molecule has 0 fully saturated rings. The van der Waals surface area contributed by atoms with Crippen LogP contribution in [0.2, 0.25) is 0 Å². The van der Waals surface area contributed by atoms with Gasteiger partial charge in [-0.3, -0.25) is 10.1 Å². The van der Waals surface area contributed by atoms with E-state index in [-0.39, 0.29) is 16.0 Å². The van der Waals surface area contributed by atoms with Crippen LogP contribution < -0.4 is 4.74 Å². The van der Waals surface area contributed by atoms with E-state index in [1.165, 1.54) is 13.2 Å². The van der Waals surface area contributed by atoms with E-state index in [9.17, 15) is 10.1 Å². The topological polar surface area (TPSA) is 52.4 Å². The maximum absolute atomic E-state index is 10.9. The Labute approximate surface area is 89.0 Å². The summed E-state index contributed by atoms with van der Waals surface area (Å²) < 4.78 is 5.16. The minimum absolute atomic E-state index is 0.113. The monoisotopic (exact) mass is 209 g/mol. The molecule has 1 rings (SSSR count). The van der Waals surface area contributed by atoms with Crippen LogP contribution in [0.5, 0.6) is 5.75 Å². The van der Waals surface area contributed by atoms with E-state index >= 15 is 0 Å². The maximum atomic E-state index is 10.9. The molecule has 0 aliphatic rings. The van der Waals surface area contributed by atoms with Crippen molar-refractivity contribution in [3.8, 4) is 5.75 Å². The predicted octanol–water partition coefficient (Wildman–Crippen LogP) is 2.90. The smallest absolute Gasteiger partial charge is 0.276 e. The Bertz CT molecular complexity index is 380. The average molecular weight is 209 g/mol. The van der Waals surface area contributed by atoms with Gasteiger partial charge in [0.15, 0.2) is 0 Å². The molecule has 0 aliphatic carbocycles. The Morgan fingerprint density at radius 2 is 1.93 bits per heavy atom. The lowest BCUT2D eigenvalue weighted by Crippen LogP contribution is -2.15. The minimum atomic E-state index is -0.372. The molecular weight excluding hydrogens is 194 g/mol. The van der Waals surface area contributed by atoms with Crippen LogP contribution in [0.4, 0.5) is 5.69 Å². The summed E-state index contributed by atoms with van der Waals surface area (Å²) in [5.74, 6) is 0.566. The van der Waals surface area contributed by atoms with Crippen molar-refractivity contribution in [3.05, 3.63) is 33.9 Å². The lowest BCUT2D eigenvalue weighted by molar-refractivity contribution is -0.386. The summed E-state index contributed by atoms with van der Waals surface area (Å²) in [5.41, 5.74) is 0.439. The fraction of sp³-hybridized carbons (Fsp3) is 0.455. The van der Waals surface area contributed by atoms with Gasteiger partial charge in [0.2, 0.25) is 0 Å². The summed E-state index contributed by atoms with van der Waals surface area (Å²) in [6, 6.07) is 4.88. The lowest BCUT2D eigenvalue weighted by Gasteiger charge is -2.21. The zero-order valence-electron chi connectivity index (χ0n) is 9.40. The molecule has 0 amide bonds. The summed E-state index contributed by atoms with van der Waals surface area (Å²) in [6.07, 6.45) is 0. The number of hydrogen-bond donors (Lipinski definition) is 0. The van der Waals surface area contributed by atoms with Crippen molar-refractivity contribution in [2.75, 3.05) is 7.11 Å². The van der Waals surface area contributed by atoms with Crippen LogP contribution in [-0.4, -0.2) is 12.0 Å².